The van der Waals surface area contributed by atoms with Crippen LogP contribution in [-0.4, -0.2) is 10.1 Å². The van der Waals surface area contributed by atoms with Crippen molar-refractivity contribution in [2.24, 2.45) is 0 Å². The average molecular weight is 268 g/mol. The second-order valence-corrected chi connectivity index (χ2v) is 4.83. The van der Waals surface area contributed by atoms with Gasteiger partial charge in [-0.1, -0.05) is 12.1 Å². The first-order valence-corrected chi connectivity index (χ1v) is 6.34. The van der Waals surface area contributed by atoms with Crippen LogP contribution in [0.3, 0.4) is 0 Å². The van der Waals surface area contributed by atoms with Gasteiger partial charge in [0, 0.05) is 0 Å². The van der Waals surface area contributed by atoms with E-state index >= 15 is 0 Å². The van der Waals surface area contributed by atoms with Crippen molar-refractivity contribution >= 4 is 32.9 Å². The number of fused-ring (bicyclic) bond motifs is 1. The number of aliphatic hydroxyl groups excluding tert-OH is 1. The van der Waals surface area contributed by atoms with Crippen LogP contribution in [0.2, 0.25) is 0 Å². The van der Waals surface area contributed by atoms with Gasteiger partial charge in [-0.2, -0.15) is 5.26 Å². The molecule has 5 heteroatoms. The van der Waals surface area contributed by atoms with Crippen molar-refractivity contribution in [1.82, 2.24) is 4.98 Å². The zero-order chi connectivity index (χ0) is 13.2. The molecule has 0 aliphatic carbocycles. The Balaban J connectivity index is 2.18. The van der Waals surface area contributed by atoms with E-state index in [4.69, 9.17) is 4.42 Å². The molecule has 0 aliphatic rings. The van der Waals surface area contributed by atoms with Crippen molar-refractivity contribution in [3.63, 3.8) is 0 Å². The maximum atomic E-state index is 10.1. The molecule has 0 atom stereocenters. The van der Waals surface area contributed by atoms with Crippen LogP contribution in [0, 0.1) is 11.3 Å². The summed E-state index contributed by atoms with van der Waals surface area (Å²) in [5.41, 5.74) is 0.929. The van der Waals surface area contributed by atoms with Gasteiger partial charge in [0.15, 0.2) is 11.5 Å². The lowest BCUT2D eigenvalue weighted by molar-refractivity contribution is 0.461. The van der Waals surface area contributed by atoms with Gasteiger partial charge >= 0.3 is 0 Å². The highest BCUT2D eigenvalue weighted by Gasteiger charge is 2.16. The number of rotatable bonds is 2. The van der Waals surface area contributed by atoms with Gasteiger partial charge < -0.3 is 9.52 Å². The number of para-hydroxylation sites is 1. The van der Waals surface area contributed by atoms with E-state index in [1.54, 1.807) is 12.1 Å². The van der Waals surface area contributed by atoms with Crippen molar-refractivity contribution in [3.8, 4) is 6.07 Å². The molecule has 1 N–H and O–H groups in total. The fourth-order valence-electron chi connectivity index (χ4n) is 1.72. The number of hydrogen-bond acceptors (Lipinski definition) is 5. The summed E-state index contributed by atoms with van der Waals surface area (Å²) in [6.45, 7) is 0. The molecule has 0 radical (unpaired) electrons. The highest BCUT2D eigenvalue weighted by atomic mass is 32.1. The first-order chi connectivity index (χ1) is 9.29. The highest BCUT2D eigenvalue weighted by Crippen LogP contribution is 2.30. The van der Waals surface area contributed by atoms with Crippen LogP contribution >= 0.6 is 11.3 Å². The summed E-state index contributed by atoms with van der Waals surface area (Å²) >= 11 is 1.36. The smallest absolute Gasteiger partial charge is 0.179 e. The van der Waals surface area contributed by atoms with Crippen molar-refractivity contribution in [2.75, 3.05) is 0 Å². The molecule has 3 aromatic rings. The Labute approximate surface area is 112 Å². The topological polar surface area (TPSA) is 70.0 Å². The summed E-state index contributed by atoms with van der Waals surface area (Å²) in [7, 11) is 0. The monoisotopic (exact) mass is 268 g/mol. The predicted molar refractivity (Wildman–Crippen MR) is 73.4 cm³/mol. The van der Waals surface area contributed by atoms with E-state index in [2.05, 4.69) is 4.98 Å². The van der Waals surface area contributed by atoms with E-state index in [0.29, 0.717) is 5.01 Å². The maximum Gasteiger partial charge on any atom is 0.179 e. The summed E-state index contributed by atoms with van der Waals surface area (Å²) in [6, 6.07) is 12.8. The molecule has 0 spiro atoms. The Morgan fingerprint density at radius 1 is 1.26 bits per heavy atom. The third-order valence-electron chi connectivity index (χ3n) is 2.61. The number of thiazole rings is 1. The Morgan fingerprint density at radius 2 is 2.11 bits per heavy atom. The van der Waals surface area contributed by atoms with Gasteiger partial charge in [0.2, 0.25) is 0 Å². The molecular formula is C14H8N2O2S. The zero-order valence-electron chi connectivity index (χ0n) is 9.70. The number of hydrogen-bond donors (Lipinski definition) is 1. The van der Waals surface area contributed by atoms with Crippen molar-refractivity contribution in [3.05, 3.63) is 53.4 Å². The first kappa shape index (κ1) is 11.5. The number of nitriles is 1. The van der Waals surface area contributed by atoms with Crippen LogP contribution in [0.5, 0.6) is 0 Å². The molecule has 2 aromatic heterocycles. The lowest BCUT2D eigenvalue weighted by atomic mass is 10.2. The lowest BCUT2D eigenvalue weighted by Crippen LogP contribution is -1.87. The zero-order valence-corrected chi connectivity index (χ0v) is 10.5. The number of nitrogens with zero attached hydrogens (tertiary/aromatic N) is 2. The minimum absolute atomic E-state index is 0.121. The van der Waals surface area contributed by atoms with E-state index in [1.807, 2.05) is 30.3 Å². The lowest BCUT2D eigenvalue weighted by Gasteiger charge is -1.97. The van der Waals surface area contributed by atoms with Gasteiger partial charge in [0.1, 0.15) is 16.6 Å². The predicted octanol–water partition coefficient (Wildman–Crippen LogP) is 3.84. The molecule has 0 saturated heterocycles. The van der Waals surface area contributed by atoms with Crippen LogP contribution in [0.1, 0.15) is 10.8 Å². The number of benzene rings is 1. The van der Waals surface area contributed by atoms with Crippen molar-refractivity contribution in [2.45, 2.75) is 0 Å². The number of allylic oxidation sites excluding steroid dienone is 1. The molecule has 2 heterocycles. The number of furan rings is 1. The molecule has 19 heavy (non-hydrogen) atoms. The van der Waals surface area contributed by atoms with Crippen molar-refractivity contribution < 1.29 is 9.52 Å². The number of aliphatic hydroxyl groups is 1. The summed E-state index contributed by atoms with van der Waals surface area (Å²) in [5.74, 6) is 0.0716. The first-order valence-electron chi connectivity index (χ1n) is 5.53. The quantitative estimate of drug-likeness (QED) is 0.566. The normalized spacial score (nSPS) is 12.2. The minimum Gasteiger partial charge on any atom is -0.503 e. The van der Waals surface area contributed by atoms with Crippen LogP contribution in [0.25, 0.3) is 21.5 Å². The van der Waals surface area contributed by atoms with Gasteiger partial charge in [0.05, 0.1) is 16.5 Å². The van der Waals surface area contributed by atoms with Crippen LogP contribution < -0.4 is 0 Å². The summed E-state index contributed by atoms with van der Waals surface area (Å²) in [6.07, 6.45) is 1.44. The molecule has 0 fully saturated rings. The third-order valence-corrected chi connectivity index (χ3v) is 3.66. The molecule has 0 amide bonds. The molecular weight excluding hydrogens is 260 g/mol. The van der Waals surface area contributed by atoms with Gasteiger partial charge in [-0.05, 0) is 24.3 Å². The van der Waals surface area contributed by atoms with E-state index in [-0.39, 0.29) is 17.1 Å². The second-order valence-electron chi connectivity index (χ2n) is 3.80. The average Bonchev–Trinajstić information content (AvgIpc) is 3.08. The van der Waals surface area contributed by atoms with Crippen LogP contribution in [-0.2, 0) is 0 Å². The summed E-state index contributed by atoms with van der Waals surface area (Å²) < 4.78 is 6.06. The molecule has 0 bridgehead atoms. The largest absolute Gasteiger partial charge is 0.503 e. The van der Waals surface area contributed by atoms with E-state index in [1.165, 1.54) is 17.6 Å². The van der Waals surface area contributed by atoms with Gasteiger partial charge in [-0.15, -0.1) is 11.3 Å². The van der Waals surface area contributed by atoms with Crippen molar-refractivity contribution in [1.29, 1.82) is 5.26 Å². The SMILES string of the molecule is N#CC(=C(O)c1ccco1)c1nc2ccccc2s1. The van der Waals surface area contributed by atoms with E-state index in [0.717, 1.165) is 10.2 Å². The fourth-order valence-corrected chi connectivity index (χ4v) is 2.68. The molecule has 0 unspecified atom stereocenters. The molecule has 4 nitrogen and oxygen atoms in total. The fraction of sp³-hybridized carbons (Fsp3) is 0. The Hall–Kier alpha value is -2.58. The standard InChI is InChI=1S/C14H8N2O2S/c15-8-9(13(17)11-5-3-7-18-11)14-16-10-4-1-2-6-12(10)19-14/h1-7,17H. The summed E-state index contributed by atoms with van der Waals surface area (Å²) in [4.78, 5) is 4.35. The van der Waals surface area contributed by atoms with Gasteiger partial charge in [-0.25, -0.2) is 4.98 Å². The van der Waals surface area contributed by atoms with Crippen LogP contribution in [0.15, 0.2) is 47.1 Å². The van der Waals surface area contributed by atoms with E-state index < -0.39 is 0 Å². The Bertz CT molecular complexity index is 761. The summed E-state index contributed by atoms with van der Waals surface area (Å²) in [5, 5.41) is 19.8. The van der Waals surface area contributed by atoms with E-state index in [9.17, 15) is 10.4 Å². The molecule has 3 rings (SSSR count). The van der Waals surface area contributed by atoms with Crippen LogP contribution in [0.4, 0.5) is 0 Å². The maximum absolute atomic E-state index is 10.1. The molecule has 0 saturated carbocycles. The highest BCUT2D eigenvalue weighted by molar-refractivity contribution is 7.19. The minimum atomic E-state index is -0.188. The Morgan fingerprint density at radius 3 is 2.79 bits per heavy atom. The number of aromatic nitrogens is 1. The Kier molecular flexibility index (Phi) is 2.78. The molecule has 0 aliphatic heterocycles. The molecule has 92 valence electrons. The molecule has 1 aromatic carbocycles. The van der Waals surface area contributed by atoms with Gasteiger partial charge in [-0.3, -0.25) is 0 Å². The van der Waals surface area contributed by atoms with Gasteiger partial charge in [0.25, 0.3) is 0 Å². The second kappa shape index (κ2) is 4.59. The third kappa shape index (κ3) is 1.98.